The van der Waals surface area contributed by atoms with Crippen LogP contribution in [0.1, 0.15) is 26.7 Å². The first-order valence-electron chi connectivity index (χ1n) is 8.32. The van der Waals surface area contributed by atoms with Gasteiger partial charge in [0.15, 0.2) is 0 Å². The molecule has 134 valence electrons. The van der Waals surface area contributed by atoms with Crippen molar-refractivity contribution in [2.45, 2.75) is 33.3 Å². The van der Waals surface area contributed by atoms with Gasteiger partial charge in [0.05, 0.1) is 5.56 Å². The van der Waals surface area contributed by atoms with Crippen LogP contribution in [-0.2, 0) is 4.74 Å². The van der Waals surface area contributed by atoms with Crippen molar-refractivity contribution in [3.8, 4) is 11.5 Å². The van der Waals surface area contributed by atoms with E-state index < -0.39 is 5.60 Å². The van der Waals surface area contributed by atoms with Crippen LogP contribution in [0.25, 0.3) is 11.5 Å². The number of aryl methyl sites for hydroxylation is 1. The Bertz CT molecular complexity index is 745. The van der Waals surface area contributed by atoms with E-state index >= 15 is 0 Å². The van der Waals surface area contributed by atoms with Crippen molar-refractivity contribution in [2.24, 2.45) is 0 Å². The van der Waals surface area contributed by atoms with E-state index in [0.29, 0.717) is 38.0 Å². The molecule has 8 heteroatoms. The lowest BCUT2D eigenvalue weighted by atomic mass is 10.2. The minimum Gasteiger partial charge on any atom is -0.444 e. The van der Waals surface area contributed by atoms with Crippen LogP contribution in [0.3, 0.4) is 0 Å². The van der Waals surface area contributed by atoms with E-state index in [-0.39, 0.29) is 6.09 Å². The van der Waals surface area contributed by atoms with Crippen LogP contribution in [-0.4, -0.2) is 58.0 Å². The van der Waals surface area contributed by atoms with Crippen LogP contribution in [0.4, 0.5) is 10.6 Å². The Morgan fingerprint density at radius 2 is 1.92 bits per heavy atom. The molecule has 0 saturated carbocycles. The second-order valence-electron chi connectivity index (χ2n) is 6.96. The third kappa shape index (κ3) is 4.07. The van der Waals surface area contributed by atoms with Gasteiger partial charge in [-0.15, -0.1) is 10.2 Å². The van der Waals surface area contributed by atoms with Crippen LogP contribution in [0.2, 0.25) is 0 Å². The molecule has 1 aliphatic heterocycles. The first kappa shape index (κ1) is 17.2. The summed E-state index contributed by atoms with van der Waals surface area (Å²) in [5, 5.41) is 7.97. The number of piperazine rings is 1. The summed E-state index contributed by atoms with van der Waals surface area (Å²) in [4.78, 5) is 20.5. The second-order valence-corrected chi connectivity index (χ2v) is 6.96. The number of nitrogens with zero attached hydrogens (tertiary/aromatic N) is 5. The van der Waals surface area contributed by atoms with E-state index in [1.807, 2.05) is 32.9 Å². The van der Waals surface area contributed by atoms with E-state index in [2.05, 4.69) is 20.1 Å². The quantitative estimate of drug-likeness (QED) is 0.826. The Balaban J connectivity index is 1.71. The zero-order valence-corrected chi connectivity index (χ0v) is 15.0. The number of rotatable bonds is 2. The molecule has 0 bridgehead atoms. The van der Waals surface area contributed by atoms with Gasteiger partial charge < -0.3 is 19.0 Å². The van der Waals surface area contributed by atoms with Gasteiger partial charge in [0.25, 0.3) is 5.89 Å². The van der Waals surface area contributed by atoms with Gasteiger partial charge in [0.2, 0.25) is 5.89 Å². The lowest BCUT2D eigenvalue weighted by Gasteiger charge is -2.36. The van der Waals surface area contributed by atoms with Crippen LogP contribution < -0.4 is 4.90 Å². The summed E-state index contributed by atoms with van der Waals surface area (Å²) < 4.78 is 11.0. The average Bonchev–Trinajstić information content (AvgIpc) is 3.00. The van der Waals surface area contributed by atoms with Crippen molar-refractivity contribution >= 4 is 11.9 Å². The summed E-state index contributed by atoms with van der Waals surface area (Å²) in [6.07, 6.45) is 1.46. The number of carbonyl (C=O) groups excluding carboxylic acids is 1. The SMILES string of the molecule is Cc1nnc(-c2cccnc2N2CCN(C(=O)OC(C)(C)C)CC2)o1. The van der Waals surface area contributed by atoms with Gasteiger partial charge in [-0.05, 0) is 32.9 Å². The summed E-state index contributed by atoms with van der Waals surface area (Å²) in [6, 6.07) is 3.75. The molecule has 0 spiro atoms. The molecule has 0 unspecified atom stereocenters. The van der Waals surface area contributed by atoms with Crippen LogP contribution >= 0.6 is 0 Å². The number of hydrogen-bond donors (Lipinski definition) is 0. The third-order valence-electron chi connectivity index (χ3n) is 3.77. The van der Waals surface area contributed by atoms with Crippen LogP contribution in [0.5, 0.6) is 0 Å². The molecule has 1 aliphatic rings. The van der Waals surface area contributed by atoms with E-state index in [1.165, 1.54) is 0 Å². The molecule has 0 aromatic carbocycles. The second kappa shape index (κ2) is 6.70. The van der Waals surface area contributed by atoms with Crippen molar-refractivity contribution < 1.29 is 13.9 Å². The molecule has 0 atom stereocenters. The molecule has 2 aromatic rings. The highest BCUT2D eigenvalue weighted by atomic mass is 16.6. The maximum atomic E-state index is 12.2. The summed E-state index contributed by atoms with van der Waals surface area (Å²) in [7, 11) is 0. The Kier molecular flexibility index (Phi) is 4.61. The summed E-state index contributed by atoms with van der Waals surface area (Å²) >= 11 is 0. The minimum atomic E-state index is -0.488. The molecule has 1 amide bonds. The largest absolute Gasteiger partial charge is 0.444 e. The number of aromatic nitrogens is 3. The summed E-state index contributed by atoms with van der Waals surface area (Å²) in [6.45, 7) is 9.84. The van der Waals surface area contributed by atoms with Gasteiger partial charge in [-0.1, -0.05) is 0 Å². The van der Waals surface area contributed by atoms with Gasteiger partial charge in [-0.3, -0.25) is 0 Å². The van der Waals surface area contributed by atoms with Crippen LogP contribution in [0.15, 0.2) is 22.7 Å². The lowest BCUT2D eigenvalue weighted by molar-refractivity contribution is 0.0240. The Labute approximate surface area is 146 Å². The van der Waals surface area contributed by atoms with Crippen LogP contribution in [0, 0.1) is 6.92 Å². The molecule has 0 radical (unpaired) electrons. The number of amides is 1. The van der Waals surface area contributed by atoms with Gasteiger partial charge >= 0.3 is 6.09 Å². The van der Waals surface area contributed by atoms with E-state index in [9.17, 15) is 4.79 Å². The monoisotopic (exact) mass is 345 g/mol. The zero-order chi connectivity index (χ0) is 18.0. The number of carbonyl (C=O) groups is 1. The van der Waals surface area contributed by atoms with E-state index in [0.717, 1.165) is 11.4 Å². The summed E-state index contributed by atoms with van der Waals surface area (Å²) in [5.74, 6) is 1.75. The highest BCUT2D eigenvalue weighted by Gasteiger charge is 2.27. The fraction of sp³-hybridized carbons (Fsp3) is 0.529. The standard InChI is InChI=1S/C17H23N5O3/c1-12-19-20-15(24-12)13-6-5-7-18-14(13)21-8-10-22(11-9-21)16(23)25-17(2,3)4/h5-7H,8-11H2,1-4H3. The number of pyridine rings is 1. The third-order valence-corrected chi connectivity index (χ3v) is 3.77. The van der Waals surface area contributed by atoms with E-state index in [4.69, 9.17) is 9.15 Å². The summed E-state index contributed by atoms with van der Waals surface area (Å²) in [5.41, 5.74) is 0.312. The highest BCUT2D eigenvalue weighted by Crippen LogP contribution is 2.28. The first-order valence-corrected chi connectivity index (χ1v) is 8.32. The topological polar surface area (TPSA) is 84.6 Å². The number of ether oxygens (including phenoxy) is 1. The van der Waals surface area contributed by atoms with Crippen molar-refractivity contribution in [2.75, 3.05) is 31.1 Å². The van der Waals surface area contributed by atoms with Crippen molar-refractivity contribution in [1.82, 2.24) is 20.1 Å². The molecule has 8 nitrogen and oxygen atoms in total. The minimum absolute atomic E-state index is 0.277. The molecule has 1 fully saturated rings. The average molecular weight is 345 g/mol. The molecular weight excluding hydrogens is 322 g/mol. The van der Waals surface area contributed by atoms with Gasteiger partial charge in [-0.2, -0.15) is 0 Å². The smallest absolute Gasteiger partial charge is 0.410 e. The maximum absolute atomic E-state index is 12.2. The fourth-order valence-corrected chi connectivity index (χ4v) is 2.65. The Morgan fingerprint density at radius 1 is 1.20 bits per heavy atom. The van der Waals surface area contributed by atoms with Crippen molar-refractivity contribution in [3.63, 3.8) is 0 Å². The molecule has 0 N–H and O–H groups in total. The zero-order valence-electron chi connectivity index (χ0n) is 15.0. The fourth-order valence-electron chi connectivity index (χ4n) is 2.65. The number of hydrogen-bond acceptors (Lipinski definition) is 7. The predicted octanol–water partition coefficient (Wildman–Crippen LogP) is 2.50. The Morgan fingerprint density at radius 3 is 2.52 bits per heavy atom. The molecule has 1 saturated heterocycles. The molecule has 3 rings (SSSR count). The molecule has 3 heterocycles. The lowest BCUT2D eigenvalue weighted by Crippen LogP contribution is -2.50. The molecule has 2 aromatic heterocycles. The van der Waals surface area contributed by atoms with Gasteiger partial charge in [-0.25, -0.2) is 9.78 Å². The number of anilines is 1. The maximum Gasteiger partial charge on any atom is 0.410 e. The van der Waals surface area contributed by atoms with Crippen molar-refractivity contribution in [3.05, 3.63) is 24.2 Å². The van der Waals surface area contributed by atoms with Crippen molar-refractivity contribution in [1.29, 1.82) is 0 Å². The molecule has 25 heavy (non-hydrogen) atoms. The first-order chi connectivity index (χ1) is 11.8. The molecule has 0 aliphatic carbocycles. The van der Waals surface area contributed by atoms with Gasteiger partial charge in [0.1, 0.15) is 11.4 Å². The highest BCUT2D eigenvalue weighted by molar-refractivity contribution is 5.71. The molecular formula is C17H23N5O3. The van der Waals surface area contributed by atoms with Gasteiger partial charge in [0, 0.05) is 39.3 Å². The van der Waals surface area contributed by atoms with E-state index in [1.54, 1.807) is 18.0 Å². The Hall–Kier alpha value is -2.64. The normalized spacial score (nSPS) is 15.4. The predicted molar refractivity (Wildman–Crippen MR) is 92.3 cm³/mol.